The van der Waals surface area contributed by atoms with Crippen LogP contribution in [-0.4, -0.2) is 44.1 Å². The van der Waals surface area contributed by atoms with Crippen molar-refractivity contribution in [2.24, 2.45) is 0 Å². The minimum atomic E-state index is -0.152. The van der Waals surface area contributed by atoms with Crippen LogP contribution in [0.4, 0.5) is 11.4 Å². The highest BCUT2D eigenvalue weighted by Gasteiger charge is 2.33. The lowest BCUT2D eigenvalue weighted by atomic mass is 9.91. The minimum absolute atomic E-state index is 0.137. The van der Waals surface area contributed by atoms with E-state index in [1.54, 1.807) is 25.3 Å². The first-order valence-corrected chi connectivity index (χ1v) is 9.68. The van der Waals surface area contributed by atoms with E-state index in [1.807, 2.05) is 20.0 Å². The van der Waals surface area contributed by atoms with Crippen LogP contribution < -0.4 is 24.8 Å². The summed E-state index contributed by atoms with van der Waals surface area (Å²) in [4.78, 5) is 2.19. The summed E-state index contributed by atoms with van der Waals surface area (Å²) < 4.78 is 16.9. The third-order valence-corrected chi connectivity index (χ3v) is 5.44. The molecule has 0 spiro atoms. The molecule has 1 unspecified atom stereocenters. The van der Waals surface area contributed by atoms with E-state index >= 15 is 0 Å². The van der Waals surface area contributed by atoms with E-state index in [9.17, 15) is 5.21 Å². The number of likely N-dealkylation sites (N-methyl/N-ethyl adjacent to an activating group) is 1. The molecule has 8 heteroatoms. The molecular formula is C22H24N3O5-. The Hall–Kier alpha value is -3.12. The molecule has 0 saturated carbocycles. The second kappa shape index (κ2) is 8.32. The third kappa shape index (κ3) is 3.71. The molecule has 0 bridgehead atoms. The zero-order chi connectivity index (χ0) is 21.3. The fourth-order valence-electron chi connectivity index (χ4n) is 3.82. The Morgan fingerprint density at radius 1 is 1.37 bits per heavy atom. The molecule has 30 heavy (non-hydrogen) atoms. The summed E-state index contributed by atoms with van der Waals surface area (Å²) >= 11 is 0. The van der Waals surface area contributed by atoms with Crippen LogP contribution in [0, 0.1) is 24.0 Å². The molecule has 4 rings (SSSR count). The van der Waals surface area contributed by atoms with Gasteiger partial charge in [-0.2, -0.15) is 0 Å². The Bertz CT molecular complexity index is 1010. The third-order valence-electron chi connectivity index (χ3n) is 5.44. The maximum absolute atomic E-state index is 11.1. The van der Waals surface area contributed by atoms with Crippen LogP contribution in [0.25, 0.3) is 0 Å². The van der Waals surface area contributed by atoms with Gasteiger partial charge in [-0.05, 0) is 49.7 Å². The maximum atomic E-state index is 11.1. The second-order valence-corrected chi connectivity index (χ2v) is 7.30. The number of hydrogen-bond acceptors (Lipinski definition) is 8. The number of hydrogen-bond donors (Lipinski definition) is 2. The minimum Gasteiger partial charge on any atom is -0.733 e. The largest absolute Gasteiger partial charge is 0.733 e. The van der Waals surface area contributed by atoms with Crippen LogP contribution in [0.15, 0.2) is 24.3 Å². The van der Waals surface area contributed by atoms with E-state index in [-0.39, 0.29) is 23.7 Å². The molecule has 0 fully saturated rings. The lowest BCUT2D eigenvalue weighted by Gasteiger charge is -2.32. The van der Waals surface area contributed by atoms with Gasteiger partial charge in [-0.25, -0.2) is 0 Å². The number of aryl methyl sites for hydroxylation is 1. The molecule has 0 radical (unpaired) electrons. The van der Waals surface area contributed by atoms with E-state index in [4.69, 9.17) is 19.4 Å². The van der Waals surface area contributed by atoms with Gasteiger partial charge in [-0.1, -0.05) is 17.9 Å². The Balaban J connectivity index is 1.57. The zero-order valence-electron chi connectivity index (χ0n) is 17.2. The smallest absolute Gasteiger partial charge is 0.231 e. The number of fused-ring (bicyclic) bond motifs is 2. The summed E-state index contributed by atoms with van der Waals surface area (Å²) in [5, 5.41) is 23.3. The zero-order valence-corrected chi connectivity index (χ0v) is 17.2. The number of nitrogens with one attached hydrogen (secondary N) is 1. The fraction of sp³-hybridized carbons (Fsp3) is 0.364. The van der Waals surface area contributed by atoms with Gasteiger partial charge in [0.2, 0.25) is 12.5 Å². The standard InChI is InChI=1S/C22H24N3O5/c1-14-6-7-16(25(26)27)12-17(14)23-9-4-5-18-20-15(8-10-24(18)2)11-19-21(22(20)28-3)30-13-29-19/h6-7,11-12,18,23,26H,8-10,13H2,1-3H3/q-1. The molecule has 8 nitrogen and oxygen atoms in total. The van der Waals surface area contributed by atoms with Crippen molar-refractivity contribution >= 4 is 11.4 Å². The van der Waals surface area contributed by atoms with Crippen molar-refractivity contribution in [1.82, 2.24) is 4.90 Å². The molecule has 2 heterocycles. The van der Waals surface area contributed by atoms with Gasteiger partial charge in [-0.15, -0.1) is 0 Å². The van der Waals surface area contributed by atoms with Crippen LogP contribution >= 0.6 is 0 Å². The molecule has 1 atom stereocenters. The summed E-state index contributed by atoms with van der Waals surface area (Å²) in [6, 6.07) is 6.81. The van der Waals surface area contributed by atoms with Gasteiger partial charge >= 0.3 is 0 Å². The van der Waals surface area contributed by atoms with Crippen LogP contribution in [0.5, 0.6) is 17.2 Å². The SMILES string of the molecule is COc1c2c(cc3c1C(C#CCNc1cc(N([O-])O)ccc1C)N(C)CC3)OCO2. The van der Waals surface area contributed by atoms with Gasteiger partial charge in [0.15, 0.2) is 11.5 Å². The van der Waals surface area contributed by atoms with Gasteiger partial charge in [0.25, 0.3) is 0 Å². The van der Waals surface area contributed by atoms with Crippen molar-refractivity contribution < 1.29 is 19.4 Å². The Morgan fingerprint density at radius 3 is 2.97 bits per heavy atom. The van der Waals surface area contributed by atoms with Crippen molar-refractivity contribution in [1.29, 1.82) is 0 Å². The maximum Gasteiger partial charge on any atom is 0.231 e. The van der Waals surface area contributed by atoms with Crippen molar-refractivity contribution in [3.05, 3.63) is 46.2 Å². The quantitative estimate of drug-likeness (QED) is 0.587. The van der Waals surface area contributed by atoms with Crippen LogP contribution in [0.3, 0.4) is 0 Å². The molecule has 0 saturated heterocycles. The molecule has 158 valence electrons. The van der Waals surface area contributed by atoms with Crippen LogP contribution in [-0.2, 0) is 6.42 Å². The highest BCUT2D eigenvalue weighted by Crippen LogP contribution is 2.49. The van der Waals surface area contributed by atoms with Crippen molar-refractivity contribution in [3.8, 4) is 29.1 Å². The highest BCUT2D eigenvalue weighted by molar-refractivity contribution is 5.63. The Kier molecular flexibility index (Phi) is 5.59. The molecule has 0 aromatic heterocycles. The normalized spacial score (nSPS) is 17.0. The number of nitrogens with zero attached hydrogens (tertiary/aromatic N) is 2. The Labute approximate surface area is 175 Å². The van der Waals surface area contributed by atoms with E-state index in [0.717, 1.165) is 41.1 Å². The van der Waals surface area contributed by atoms with Crippen LogP contribution in [0.2, 0.25) is 0 Å². The lowest BCUT2D eigenvalue weighted by molar-refractivity contribution is 0.171. The molecule has 2 aliphatic heterocycles. The van der Waals surface area contributed by atoms with Gasteiger partial charge in [0, 0.05) is 17.8 Å². The molecule has 2 aromatic rings. The highest BCUT2D eigenvalue weighted by atomic mass is 16.8. The average Bonchev–Trinajstić information content (AvgIpc) is 3.20. The first kappa shape index (κ1) is 20.2. The Morgan fingerprint density at radius 2 is 2.20 bits per heavy atom. The first-order chi connectivity index (χ1) is 14.5. The van der Waals surface area contributed by atoms with Gasteiger partial charge in [0.1, 0.15) is 6.04 Å². The summed E-state index contributed by atoms with van der Waals surface area (Å²) in [6.45, 7) is 3.38. The van der Waals surface area contributed by atoms with Crippen molar-refractivity contribution in [3.63, 3.8) is 0 Å². The summed E-state index contributed by atoms with van der Waals surface area (Å²) in [7, 11) is 3.67. The van der Waals surface area contributed by atoms with Gasteiger partial charge < -0.3 is 30.0 Å². The molecule has 0 amide bonds. The summed E-state index contributed by atoms with van der Waals surface area (Å²) in [6.07, 6.45) is 0.883. The number of rotatable bonds is 4. The fourth-order valence-corrected chi connectivity index (χ4v) is 3.82. The monoisotopic (exact) mass is 410 g/mol. The predicted octanol–water partition coefficient (Wildman–Crippen LogP) is 3.07. The molecule has 2 aliphatic rings. The number of benzene rings is 2. The first-order valence-electron chi connectivity index (χ1n) is 9.68. The molecule has 2 N–H and O–H groups in total. The van der Waals surface area contributed by atoms with Gasteiger partial charge in [-0.3, -0.25) is 10.1 Å². The predicted molar refractivity (Wildman–Crippen MR) is 113 cm³/mol. The number of anilines is 2. The second-order valence-electron chi connectivity index (χ2n) is 7.30. The topological polar surface area (TPSA) is 89.5 Å². The summed E-state index contributed by atoms with van der Waals surface area (Å²) in [5.41, 5.74) is 4.04. The molecule has 0 aliphatic carbocycles. The average molecular weight is 410 g/mol. The van der Waals surface area contributed by atoms with Crippen molar-refractivity contribution in [2.45, 2.75) is 19.4 Å². The molecular weight excluding hydrogens is 386 g/mol. The lowest BCUT2D eigenvalue weighted by Crippen LogP contribution is -2.31. The van der Waals surface area contributed by atoms with Gasteiger partial charge in [0.05, 0.1) is 19.3 Å². The van der Waals surface area contributed by atoms with E-state index in [2.05, 4.69) is 22.1 Å². The number of ether oxygens (including phenoxy) is 3. The molecule has 2 aromatic carbocycles. The van der Waals surface area contributed by atoms with E-state index in [0.29, 0.717) is 18.0 Å². The van der Waals surface area contributed by atoms with Crippen LogP contribution in [0.1, 0.15) is 22.7 Å². The summed E-state index contributed by atoms with van der Waals surface area (Å²) in [5.74, 6) is 8.55. The van der Waals surface area contributed by atoms with Crippen molar-refractivity contribution in [2.75, 3.05) is 44.6 Å². The number of methoxy groups -OCH3 is 1. The van der Waals surface area contributed by atoms with E-state index in [1.165, 1.54) is 0 Å². The van der Waals surface area contributed by atoms with E-state index < -0.39 is 0 Å².